The Morgan fingerprint density at radius 2 is 1.65 bits per heavy atom. The molecule has 3 rings (SSSR count). The highest BCUT2D eigenvalue weighted by Gasteiger charge is 2.17. The average Bonchev–Trinajstić information content (AvgIpc) is 2.88. The number of hydrogen-bond donors (Lipinski definition) is 0. The molecule has 0 bridgehead atoms. The van der Waals surface area contributed by atoms with E-state index in [0.717, 1.165) is 61.7 Å². The molecule has 4 nitrogen and oxygen atoms in total. The number of hydrogen-bond acceptors (Lipinski definition) is 4. The lowest BCUT2D eigenvalue weighted by atomic mass is 9.93. The number of nitrogens with zero attached hydrogens (tertiary/aromatic N) is 2. The molecule has 200 valence electrons. The molecule has 2 aromatic carbocycles. The minimum Gasteiger partial charge on any atom is -0.489 e. The van der Waals surface area contributed by atoms with E-state index in [1.807, 2.05) is 0 Å². The number of rotatable bonds is 13. The molecule has 4 heteroatoms. The predicted octanol–water partition coefficient (Wildman–Crippen LogP) is 7.66. The minimum atomic E-state index is 0.466. The molecule has 0 aliphatic carbocycles. The minimum absolute atomic E-state index is 0.466. The second-order valence-corrected chi connectivity index (χ2v) is 10.4. The maximum absolute atomic E-state index is 6.47. The first-order valence-corrected chi connectivity index (χ1v) is 13.8. The molecule has 1 aromatic heterocycles. The molecule has 0 saturated carbocycles. The fourth-order valence-corrected chi connectivity index (χ4v) is 4.93. The van der Waals surface area contributed by atoms with Gasteiger partial charge in [0.2, 0.25) is 0 Å². The van der Waals surface area contributed by atoms with E-state index in [1.54, 1.807) is 7.11 Å². The Labute approximate surface area is 225 Å². The summed E-state index contributed by atoms with van der Waals surface area (Å²) < 4.78 is 11.8. The molecule has 3 aromatic rings. The van der Waals surface area contributed by atoms with Gasteiger partial charge < -0.3 is 14.4 Å². The van der Waals surface area contributed by atoms with Crippen molar-refractivity contribution in [3.8, 4) is 17.0 Å². The molecule has 0 aliphatic rings. The van der Waals surface area contributed by atoms with Crippen molar-refractivity contribution >= 4 is 0 Å². The molecule has 37 heavy (non-hydrogen) atoms. The van der Waals surface area contributed by atoms with Gasteiger partial charge in [-0.05, 0) is 86.0 Å². The Bertz CT molecular complexity index is 1150. The summed E-state index contributed by atoms with van der Waals surface area (Å²) >= 11 is 0. The summed E-state index contributed by atoms with van der Waals surface area (Å²) in [6, 6.07) is 15.5. The van der Waals surface area contributed by atoms with Crippen LogP contribution in [0.15, 0.2) is 42.5 Å². The zero-order valence-electron chi connectivity index (χ0n) is 24.3. The van der Waals surface area contributed by atoms with Gasteiger partial charge in [-0.15, -0.1) is 0 Å². The van der Waals surface area contributed by atoms with Crippen molar-refractivity contribution in [2.24, 2.45) is 0 Å². The van der Waals surface area contributed by atoms with Crippen LogP contribution in [-0.4, -0.2) is 37.2 Å². The van der Waals surface area contributed by atoms with Gasteiger partial charge in [0, 0.05) is 43.6 Å². The molecule has 1 heterocycles. The van der Waals surface area contributed by atoms with Crippen LogP contribution >= 0.6 is 0 Å². The SMILES string of the molecule is CCc1cccc(CC)c1-c1cc(CN(C)CCCOC)c(COc2cc(C(C)C)ccc2C)c(C)n1. The smallest absolute Gasteiger partial charge is 0.123 e. The highest BCUT2D eigenvalue weighted by Crippen LogP contribution is 2.32. The van der Waals surface area contributed by atoms with Gasteiger partial charge in [0.1, 0.15) is 12.4 Å². The zero-order chi connectivity index (χ0) is 26.9. The molecule has 0 unspecified atom stereocenters. The third-order valence-electron chi connectivity index (χ3n) is 7.26. The number of methoxy groups -OCH3 is 1. The first-order valence-electron chi connectivity index (χ1n) is 13.8. The molecule has 0 amide bonds. The molecule has 0 N–H and O–H groups in total. The van der Waals surface area contributed by atoms with Crippen molar-refractivity contribution in [2.75, 3.05) is 27.3 Å². The van der Waals surface area contributed by atoms with Crippen LogP contribution in [0.5, 0.6) is 5.75 Å². The maximum atomic E-state index is 6.47. The van der Waals surface area contributed by atoms with Crippen LogP contribution in [0.4, 0.5) is 0 Å². The number of benzene rings is 2. The molecule has 0 aliphatic heterocycles. The van der Waals surface area contributed by atoms with Gasteiger partial charge in [0.15, 0.2) is 0 Å². The third-order valence-corrected chi connectivity index (χ3v) is 7.26. The van der Waals surface area contributed by atoms with Gasteiger partial charge in [0.05, 0.1) is 5.69 Å². The van der Waals surface area contributed by atoms with Crippen LogP contribution in [0.2, 0.25) is 0 Å². The summed E-state index contributed by atoms with van der Waals surface area (Å²) in [5.41, 5.74) is 11.1. The number of ether oxygens (including phenoxy) is 2. The van der Waals surface area contributed by atoms with E-state index in [1.165, 1.54) is 33.4 Å². The van der Waals surface area contributed by atoms with Gasteiger partial charge >= 0.3 is 0 Å². The summed E-state index contributed by atoms with van der Waals surface area (Å²) in [6.07, 6.45) is 2.99. The van der Waals surface area contributed by atoms with E-state index in [-0.39, 0.29) is 0 Å². The number of aromatic nitrogens is 1. The van der Waals surface area contributed by atoms with E-state index < -0.39 is 0 Å². The van der Waals surface area contributed by atoms with Gasteiger partial charge in [-0.1, -0.05) is 58.0 Å². The first-order chi connectivity index (χ1) is 17.8. The molecular weight excluding hydrogens is 456 g/mol. The Balaban J connectivity index is 2.02. The lowest BCUT2D eigenvalue weighted by Crippen LogP contribution is -2.22. The summed E-state index contributed by atoms with van der Waals surface area (Å²) in [5, 5.41) is 0. The summed E-state index contributed by atoms with van der Waals surface area (Å²) in [4.78, 5) is 7.54. The van der Waals surface area contributed by atoms with Crippen molar-refractivity contribution in [1.29, 1.82) is 0 Å². The van der Waals surface area contributed by atoms with Crippen LogP contribution in [0.3, 0.4) is 0 Å². The largest absolute Gasteiger partial charge is 0.489 e. The van der Waals surface area contributed by atoms with Crippen molar-refractivity contribution in [1.82, 2.24) is 9.88 Å². The van der Waals surface area contributed by atoms with E-state index >= 15 is 0 Å². The van der Waals surface area contributed by atoms with Gasteiger partial charge in [-0.25, -0.2) is 0 Å². The van der Waals surface area contributed by atoms with Crippen molar-refractivity contribution in [3.05, 3.63) is 81.5 Å². The standard InChI is InChI=1S/C33H46N2O2/c1-9-26-13-11-14-27(10-2)33(26)31-19-29(21-35(7)17-12-18-36-8)30(25(6)34-31)22-37-32-20-28(23(3)4)16-15-24(32)5/h11,13-16,19-20,23H,9-10,12,17-18,21-22H2,1-8H3. The number of aryl methyl sites for hydroxylation is 4. The number of pyridine rings is 1. The highest BCUT2D eigenvalue weighted by molar-refractivity contribution is 5.69. The van der Waals surface area contributed by atoms with Gasteiger partial charge in [0.25, 0.3) is 0 Å². The summed E-state index contributed by atoms with van der Waals surface area (Å²) in [6.45, 7) is 16.3. The quantitative estimate of drug-likeness (QED) is 0.225. The summed E-state index contributed by atoms with van der Waals surface area (Å²) in [5.74, 6) is 1.42. The van der Waals surface area contributed by atoms with E-state index in [4.69, 9.17) is 14.5 Å². The van der Waals surface area contributed by atoms with Crippen LogP contribution in [0.25, 0.3) is 11.3 Å². The second-order valence-electron chi connectivity index (χ2n) is 10.4. The maximum Gasteiger partial charge on any atom is 0.123 e. The lowest BCUT2D eigenvalue weighted by molar-refractivity contribution is 0.178. The topological polar surface area (TPSA) is 34.6 Å². The molecule has 0 radical (unpaired) electrons. The van der Waals surface area contributed by atoms with Crippen LogP contribution in [0, 0.1) is 13.8 Å². The fraction of sp³-hybridized carbons (Fsp3) is 0.485. The lowest BCUT2D eigenvalue weighted by Gasteiger charge is -2.22. The van der Waals surface area contributed by atoms with E-state index in [2.05, 4.69) is 96.0 Å². The third kappa shape index (κ3) is 7.43. The van der Waals surface area contributed by atoms with Gasteiger partial charge in [-0.2, -0.15) is 0 Å². The molecule has 0 spiro atoms. The highest BCUT2D eigenvalue weighted by atomic mass is 16.5. The van der Waals surface area contributed by atoms with E-state index in [9.17, 15) is 0 Å². The van der Waals surface area contributed by atoms with Crippen molar-refractivity contribution in [2.45, 2.75) is 79.9 Å². The van der Waals surface area contributed by atoms with Crippen LogP contribution in [0.1, 0.15) is 79.1 Å². The summed E-state index contributed by atoms with van der Waals surface area (Å²) in [7, 11) is 3.95. The molecular formula is C33H46N2O2. The average molecular weight is 503 g/mol. The molecule has 0 fully saturated rings. The van der Waals surface area contributed by atoms with E-state index in [0.29, 0.717) is 12.5 Å². The van der Waals surface area contributed by atoms with Gasteiger partial charge in [-0.3, -0.25) is 4.98 Å². The first kappa shape index (κ1) is 28.9. The Hall–Kier alpha value is -2.69. The Kier molecular flexibility index (Phi) is 10.7. The van der Waals surface area contributed by atoms with Crippen molar-refractivity contribution < 1.29 is 9.47 Å². The fourth-order valence-electron chi connectivity index (χ4n) is 4.93. The monoisotopic (exact) mass is 502 g/mol. The van der Waals surface area contributed by atoms with Crippen molar-refractivity contribution in [3.63, 3.8) is 0 Å². The van der Waals surface area contributed by atoms with Crippen LogP contribution in [-0.2, 0) is 30.7 Å². The second kappa shape index (κ2) is 13.7. The molecule has 0 saturated heterocycles. The van der Waals surface area contributed by atoms with Crippen LogP contribution < -0.4 is 4.74 Å². The molecule has 0 atom stereocenters. The normalized spacial score (nSPS) is 11.5. The Morgan fingerprint density at radius 3 is 2.27 bits per heavy atom. The predicted molar refractivity (Wildman–Crippen MR) is 156 cm³/mol. The Morgan fingerprint density at radius 1 is 0.946 bits per heavy atom. The zero-order valence-corrected chi connectivity index (χ0v) is 24.3.